The predicted octanol–water partition coefficient (Wildman–Crippen LogP) is 1.56. The van der Waals surface area contributed by atoms with Crippen LogP contribution in [0.2, 0.25) is 0 Å². The van der Waals surface area contributed by atoms with Crippen molar-refractivity contribution in [3.63, 3.8) is 0 Å². The number of methoxy groups -OCH3 is 1. The number of ether oxygens (including phenoxy) is 2. The molecule has 1 aromatic rings. The molecule has 1 amide bonds. The molecule has 0 heterocycles. The van der Waals surface area contributed by atoms with Crippen LogP contribution in [0, 0.1) is 5.92 Å². The van der Waals surface area contributed by atoms with Crippen molar-refractivity contribution in [3.8, 4) is 11.5 Å². The lowest BCUT2D eigenvalue weighted by atomic mass is 10.0. The average Bonchev–Trinajstić information content (AvgIpc) is 2.44. The number of carbonyl (C=O) groups is 1. The zero-order chi connectivity index (χ0) is 15.1. The van der Waals surface area contributed by atoms with E-state index in [2.05, 4.69) is 5.32 Å². The Morgan fingerprint density at radius 1 is 1.20 bits per heavy atom. The number of rotatable bonds is 7. The van der Waals surface area contributed by atoms with Crippen molar-refractivity contribution in [1.29, 1.82) is 0 Å². The molecule has 0 aromatic heterocycles. The molecule has 0 aliphatic heterocycles. The Labute approximate surface area is 120 Å². The normalized spacial score (nSPS) is 15.1. The van der Waals surface area contributed by atoms with Gasteiger partial charge in [-0.1, -0.05) is 6.92 Å². The molecule has 1 rings (SSSR count). The molecular formula is C15H24N2O3. The first-order chi connectivity index (χ1) is 9.43. The second-order valence-electron chi connectivity index (χ2n) is 5.00. The third-order valence-electron chi connectivity index (χ3n) is 3.16. The van der Waals surface area contributed by atoms with E-state index in [0.29, 0.717) is 6.54 Å². The van der Waals surface area contributed by atoms with E-state index < -0.39 is 0 Å². The van der Waals surface area contributed by atoms with Gasteiger partial charge in [0.2, 0.25) is 5.91 Å². The SMILES string of the molecule is COc1ccc(OC(C)CNC(=O)C(C)C(C)N)cc1. The summed E-state index contributed by atoms with van der Waals surface area (Å²) in [4.78, 5) is 11.8. The number of amides is 1. The van der Waals surface area contributed by atoms with Gasteiger partial charge >= 0.3 is 0 Å². The fourth-order valence-corrected chi connectivity index (χ4v) is 1.57. The predicted molar refractivity (Wildman–Crippen MR) is 78.9 cm³/mol. The van der Waals surface area contributed by atoms with Crippen LogP contribution in [-0.2, 0) is 4.79 Å². The molecule has 0 radical (unpaired) electrons. The van der Waals surface area contributed by atoms with Crippen LogP contribution in [0.5, 0.6) is 11.5 Å². The lowest BCUT2D eigenvalue weighted by molar-refractivity contribution is -0.125. The highest BCUT2D eigenvalue weighted by Gasteiger charge is 2.17. The number of carbonyl (C=O) groups excluding carboxylic acids is 1. The Balaban J connectivity index is 2.39. The van der Waals surface area contributed by atoms with Gasteiger partial charge < -0.3 is 20.5 Å². The fourth-order valence-electron chi connectivity index (χ4n) is 1.57. The van der Waals surface area contributed by atoms with E-state index in [1.54, 1.807) is 7.11 Å². The molecule has 5 heteroatoms. The summed E-state index contributed by atoms with van der Waals surface area (Å²) < 4.78 is 10.8. The van der Waals surface area contributed by atoms with E-state index in [4.69, 9.17) is 15.2 Å². The smallest absolute Gasteiger partial charge is 0.224 e. The summed E-state index contributed by atoms with van der Waals surface area (Å²) >= 11 is 0. The van der Waals surface area contributed by atoms with Gasteiger partial charge in [-0.05, 0) is 38.1 Å². The molecule has 0 bridgehead atoms. The summed E-state index contributed by atoms with van der Waals surface area (Å²) in [5.74, 6) is 1.27. The summed E-state index contributed by atoms with van der Waals surface area (Å²) in [5, 5.41) is 2.84. The second kappa shape index (κ2) is 7.75. The Bertz CT molecular complexity index is 418. The van der Waals surface area contributed by atoms with Crippen LogP contribution in [-0.4, -0.2) is 31.7 Å². The molecule has 0 spiro atoms. The van der Waals surface area contributed by atoms with Crippen molar-refractivity contribution in [2.45, 2.75) is 32.9 Å². The van der Waals surface area contributed by atoms with Crippen molar-refractivity contribution in [1.82, 2.24) is 5.32 Å². The van der Waals surface area contributed by atoms with Crippen molar-refractivity contribution in [3.05, 3.63) is 24.3 Å². The maximum atomic E-state index is 11.8. The number of benzene rings is 1. The fraction of sp³-hybridized carbons (Fsp3) is 0.533. The summed E-state index contributed by atoms with van der Waals surface area (Å²) in [7, 11) is 1.62. The molecule has 112 valence electrons. The van der Waals surface area contributed by atoms with Gasteiger partial charge in [0.1, 0.15) is 17.6 Å². The Kier molecular flexibility index (Phi) is 6.31. The van der Waals surface area contributed by atoms with Crippen LogP contribution in [0.4, 0.5) is 0 Å². The molecule has 0 fully saturated rings. The van der Waals surface area contributed by atoms with Crippen molar-refractivity contribution in [2.24, 2.45) is 11.7 Å². The Morgan fingerprint density at radius 2 is 1.75 bits per heavy atom. The van der Waals surface area contributed by atoms with Crippen LogP contribution in [0.15, 0.2) is 24.3 Å². The summed E-state index contributed by atoms with van der Waals surface area (Å²) in [6.07, 6.45) is -0.118. The molecule has 5 nitrogen and oxygen atoms in total. The summed E-state index contributed by atoms with van der Waals surface area (Å²) in [6.45, 7) is 5.99. The quantitative estimate of drug-likeness (QED) is 0.795. The minimum absolute atomic E-state index is 0.0508. The van der Waals surface area contributed by atoms with Crippen molar-refractivity contribution >= 4 is 5.91 Å². The van der Waals surface area contributed by atoms with E-state index in [0.717, 1.165) is 11.5 Å². The van der Waals surface area contributed by atoms with E-state index in [1.807, 2.05) is 45.0 Å². The highest BCUT2D eigenvalue weighted by molar-refractivity contribution is 5.78. The van der Waals surface area contributed by atoms with Gasteiger partial charge in [-0.3, -0.25) is 4.79 Å². The first-order valence-electron chi connectivity index (χ1n) is 6.78. The number of nitrogens with two attached hydrogens (primary N) is 1. The van der Waals surface area contributed by atoms with Crippen molar-refractivity contribution in [2.75, 3.05) is 13.7 Å². The van der Waals surface area contributed by atoms with Gasteiger partial charge in [0, 0.05) is 12.0 Å². The number of nitrogens with one attached hydrogen (secondary N) is 1. The standard InChI is InChI=1S/C15H24N2O3/c1-10(9-17-15(18)11(2)12(3)16)20-14-7-5-13(19-4)6-8-14/h5-8,10-12H,9,16H2,1-4H3,(H,17,18). The number of hydrogen-bond donors (Lipinski definition) is 2. The van der Waals surface area contributed by atoms with Crippen molar-refractivity contribution < 1.29 is 14.3 Å². The van der Waals surface area contributed by atoms with E-state index in [9.17, 15) is 4.79 Å². The molecule has 0 saturated heterocycles. The lowest BCUT2D eigenvalue weighted by Crippen LogP contribution is -2.42. The van der Waals surface area contributed by atoms with Crippen LogP contribution in [0.25, 0.3) is 0 Å². The summed E-state index contributed by atoms with van der Waals surface area (Å²) in [6, 6.07) is 7.17. The molecule has 3 atom stereocenters. The first kappa shape index (κ1) is 16.3. The first-order valence-corrected chi connectivity index (χ1v) is 6.78. The molecule has 1 aromatic carbocycles. The topological polar surface area (TPSA) is 73.6 Å². The Morgan fingerprint density at radius 3 is 2.25 bits per heavy atom. The monoisotopic (exact) mass is 280 g/mol. The Hall–Kier alpha value is -1.75. The van der Waals surface area contributed by atoms with Crippen LogP contribution >= 0.6 is 0 Å². The van der Waals surface area contributed by atoms with E-state index in [-0.39, 0.29) is 24.0 Å². The van der Waals surface area contributed by atoms with Gasteiger partial charge in [0.15, 0.2) is 0 Å². The van der Waals surface area contributed by atoms with Crippen LogP contribution in [0.1, 0.15) is 20.8 Å². The minimum atomic E-state index is -0.205. The third kappa shape index (κ3) is 5.09. The highest BCUT2D eigenvalue weighted by Crippen LogP contribution is 2.17. The van der Waals surface area contributed by atoms with E-state index >= 15 is 0 Å². The average molecular weight is 280 g/mol. The van der Waals surface area contributed by atoms with Gasteiger partial charge in [0.05, 0.1) is 13.7 Å². The zero-order valence-electron chi connectivity index (χ0n) is 12.6. The molecule has 0 aliphatic rings. The van der Waals surface area contributed by atoms with Gasteiger partial charge in [-0.15, -0.1) is 0 Å². The molecule has 3 unspecified atom stereocenters. The second-order valence-corrected chi connectivity index (χ2v) is 5.00. The number of hydrogen-bond acceptors (Lipinski definition) is 4. The highest BCUT2D eigenvalue weighted by atomic mass is 16.5. The summed E-state index contributed by atoms with van der Waals surface area (Å²) in [5.41, 5.74) is 5.69. The van der Waals surface area contributed by atoms with Crippen LogP contribution < -0.4 is 20.5 Å². The van der Waals surface area contributed by atoms with Gasteiger partial charge in [0.25, 0.3) is 0 Å². The van der Waals surface area contributed by atoms with Gasteiger partial charge in [-0.2, -0.15) is 0 Å². The molecule has 20 heavy (non-hydrogen) atoms. The molecule has 0 aliphatic carbocycles. The largest absolute Gasteiger partial charge is 0.497 e. The third-order valence-corrected chi connectivity index (χ3v) is 3.16. The molecular weight excluding hydrogens is 256 g/mol. The van der Waals surface area contributed by atoms with Gasteiger partial charge in [-0.25, -0.2) is 0 Å². The minimum Gasteiger partial charge on any atom is -0.497 e. The maximum Gasteiger partial charge on any atom is 0.224 e. The lowest BCUT2D eigenvalue weighted by Gasteiger charge is -2.19. The zero-order valence-corrected chi connectivity index (χ0v) is 12.6. The molecule has 0 saturated carbocycles. The van der Waals surface area contributed by atoms with Crippen LogP contribution in [0.3, 0.4) is 0 Å². The maximum absolute atomic E-state index is 11.8. The van der Waals surface area contributed by atoms with E-state index in [1.165, 1.54) is 0 Å². The molecule has 3 N–H and O–H groups in total.